The number of rotatable bonds is 4. The van der Waals surface area contributed by atoms with Crippen molar-refractivity contribution in [2.24, 2.45) is 0 Å². The van der Waals surface area contributed by atoms with Gasteiger partial charge in [0.2, 0.25) is 0 Å². The summed E-state index contributed by atoms with van der Waals surface area (Å²) >= 11 is 3.41. The molecule has 1 aromatic heterocycles. The van der Waals surface area contributed by atoms with Gasteiger partial charge in [0.15, 0.2) is 0 Å². The van der Waals surface area contributed by atoms with Gasteiger partial charge >= 0.3 is 0 Å². The van der Waals surface area contributed by atoms with Gasteiger partial charge in [0.05, 0.1) is 0 Å². The maximum Gasteiger partial charge on any atom is 0.126 e. The van der Waals surface area contributed by atoms with Gasteiger partial charge in [-0.25, -0.2) is 4.98 Å². The number of hydrogen-bond donors (Lipinski definition) is 1. The standard InChI is InChI=1S/C10H15BrN2/c1-3-12-10-7-8(2)6-9(13-10)4-5-11/h6-7H,3-5H2,1-2H3,(H,12,13). The first-order valence-electron chi connectivity index (χ1n) is 4.53. The minimum Gasteiger partial charge on any atom is -0.370 e. The average molecular weight is 243 g/mol. The number of aryl methyl sites for hydroxylation is 2. The highest BCUT2D eigenvalue weighted by Gasteiger charge is 1.98. The van der Waals surface area contributed by atoms with Crippen LogP contribution in [0.4, 0.5) is 5.82 Å². The molecule has 0 aliphatic rings. The van der Waals surface area contributed by atoms with E-state index in [0.717, 1.165) is 29.8 Å². The maximum absolute atomic E-state index is 4.47. The molecule has 0 unspecified atom stereocenters. The lowest BCUT2D eigenvalue weighted by Gasteiger charge is -2.06. The molecule has 0 aliphatic carbocycles. The molecule has 0 aromatic carbocycles. The van der Waals surface area contributed by atoms with Gasteiger partial charge in [-0.15, -0.1) is 0 Å². The van der Waals surface area contributed by atoms with Crippen molar-refractivity contribution in [2.45, 2.75) is 20.3 Å². The van der Waals surface area contributed by atoms with E-state index in [0.29, 0.717) is 0 Å². The van der Waals surface area contributed by atoms with E-state index in [9.17, 15) is 0 Å². The van der Waals surface area contributed by atoms with E-state index in [4.69, 9.17) is 0 Å². The largest absolute Gasteiger partial charge is 0.370 e. The zero-order chi connectivity index (χ0) is 9.68. The third kappa shape index (κ3) is 3.35. The summed E-state index contributed by atoms with van der Waals surface area (Å²) in [4.78, 5) is 4.47. The number of anilines is 1. The van der Waals surface area contributed by atoms with Crippen molar-refractivity contribution in [3.63, 3.8) is 0 Å². The second-order valence-electron chi connectivity index (χ2n) is 2.99. The van der Waals surface area contributed by atoms with Crippen molar-refractivity contribution in [2.75, 3.05) is 17.2 Å². The molecule has 0 amide bonds. The van der Waals surface area contributed by atoms with Gasteiger partial charge in [-0.05, 0) is 38.0 Å². The Kier molecular flexibility index (Phi) is 4.22. The SMILES string of the molecule is CCNc1cc(C)cc(CCBr)n1. The zero-order valence-electron chi connectivity index (χ0n) is 8.10. The number of nitrogens with zero attached hydrogens (tertiary/aromatic N) is 1. The summed E-state index contributed by atoms with van der Waals surface area (Å²) in [7, 11) is 0. The summed E-state index contributed by atoms with van der Waals surface area (Å²) in [5, 5.41) is 4.19. The molecule has 0 saturated carbocycles. The van der Waals surface area contributed by atoms with E-state index in [1.807, 2.05) is 0 Å². The molecule has 1 aromatic rings. The van der Waals surface area contributed by atoms with Crippen LogP contribution in [-0.4, -0.2) is 16.9 Å². The van der Waals surface area contributed by atoms with Crippen LogP contribution >= 0.6 is 15.9 Å². The van der Waals surface area contributed by atoms with Gasteiger partial charge in [-0.1, -0.05) is 15.9 Å². The number of hydrogen-bond acceptors (Lipinski definition) is 2. The van der Waals surface area contributed by atoms with Crippen LogP contribution in [-0.2, 0) is 6.42 Å². The predicted octanol–water partition coefficient (Wildman–Crippen LogP) is 2.76. The normalized spacial score (nSPS) is 10.1. The summed E-state index contributed by atoms with van der Waals surface area (Å²) in [6, 6.07) is 4.20. The van der Waals surface area contributed by atoms with Crippen molar-refractivity contribution >= 4 is 21.7 Å². The topological polar surface area (TPSA) is 24.9 Å². The van der Waals surface area contributed by atoms with Gasteiger partial charge in [0, 0.05) is 17.6 Å². The van der Waals surface area contributed by atoms with E-state index in [1.54, 1.807) is 0 Å². The van der Waals surface area contributed by atoms with E-state index in [2.05, 4.69) is 52.2 Å². The molecule has 72 valence electrons. The molecule has 0 bridgehead atoms. The molecule has 13 heavy (non-hydrogen) atoms. The van der Waals surface area contributed by atoms with E-state index >= 15 is 0 Å². The molecular weight excluding hydrogens is 228 g/mol. The van der Waals surface area contributed by atoms with Crippen LogP contribution in [0, 0.1) is 6.92 Å². The van der Waals surface area contributed by atoms with E-state index < -0.39 is 0 Å². The highest BCUT2D eigenvalue weighted by molar-refractivity contribution is 9.09. The Morgan fingerprint density at radius 3 is 2.85 bits per heavy atom. The smallest absolute Gasteiger partial charge is 0.126 e. The minimum atomic E-state index is 0.921. The van der Waals surface area contributed by atoms with Gasteiger partial charge in [-0.2, -0.15) is 0 Å². The molecule has 2 nitrogen and oxygen atoms in total. The maximum atomic E-state index is 4.47. The van der Waals surface area contributed by atoms with Crippen LogP contribution < -0.4 is 5.32 Å². The van der Waals surface area contributed by atoms with E-state index in [1.165, 1.54) is 5.56 Å². The molecule has 3 heteroatoms. The quantitative estimate of drug-likeness (QED) is 0.822. The lowest BCUT2D eigenvalue weighted by atomic mass is 10.2. The number of alkyl halides is 1. The van der Waals surface area contributed by atoms with Crippen LogP contribution in [0.5, 0.6) is 0 Å². The summed E-state index contributed by atoms with van der Waals surface area (Å²) in [5.41, 5.74) is 2.41. The highest BCUT2D eigenvalue weighted by atomic mass is 79.9. The first kappa shape index (κ1) is 10.5. The Bertz CT molecular complexity index is 249. The van der Waals surface area contributed by atoms with Crippen LogP contribution in [0.15, 0.2) is 12.1 Å². The lowest BCUT2D eigenvalue weighted by molar-refractivity contribution is 1.03. The van der Waals surface area contributed by atoms with Gasteiger partial charge in [0.1, 0.15) is 5.82 Å². The second-order valence-corrected chi connectivity index (χ2v) is 3.78. The van der Waals surface area contributed by atoms with Gasteiger partial charge < -0.3 is 5.32 Å². The summed E-state index contributed by atoms with van der Waals surface area (Å²) < 4.78 is 0. The van der Waals surface area contributed by atoms with Crippen molar-refractivity contribution in [1.82, 2.24) is 4.98 Å². The molecule has 0 aliphatic heterocycles. The average Bonchev–Trinajstić information content (AvgIpc) is 2.04. The van der Waals surface area contributed by atoms with Crippen LogP contribution in [0.1, 0.15) is 18.2 Å². The summed E-state index contributed by atoms with van der Waals surface area (Å²) in [5.74, 6) is 0.985. The Balaban J connectivity index is 2.83. The van der Waals surface area contributed by atoms with Crippen LogP contribution in [0.25, 0.3) is 0 Å². The van der Waals surface area contributed by atoms with Crippen molar-refractivity contribution in [3.05, 3.63) is 23.4 Å². The number of halogens is 1. The molecule has 0 fully saturated rings. The number of pyridine rings is 1. The van der Waals surface area contributed by atoms with Crippen LogP contribution in [0.3, 0.4) is 0 Å². The number of aromatic nitrogens is 1. The molecule has 1 rings (SSSR count). The first-order chi connectivity index (χ1) is 6.26. The van der Waals surface area contributed by atoms with Crippen molar-refractivity contribution < 1.29 is 0 Å². The summed E-state index contributed by atoms with van der Waals surface area (Å²) in [6.45, 7) is 5.10. The summed E-state index contributed by atoms with van der Waals surface area (Å²) in [6.07, 6.45) is 0.986. The molecule has 0 saturated heterocycles. The van der Waals surface area contributed by atoms with Gasteiger partial charge in [-0.3, -0.25) is 0 Å². The predicted molar refractivity (Wildman–Crippen MR) is 60.6 cm³/mol. The first-order valence-corrected chi connectivity index (χ1v) is 5.65. The van der Waals surface area contributed by atoms with Crippen molar-refractivity contribution in [3.8, 4) is 0 Å². The monoisotopic (exact) mass is 242 g/mol. The fourth-order valence-electron chi connectivity index (χ4n) is 1.24. The Labute approximate surface area is 87.9 Å². The van der Waals surface area contributed by atoms with Crippen LogP contribution in [0.2, 0.25) is 0 Å². The Morgan fingerprint density at radius 2 is 2.23 bits per heavy atom. The molecule has 1 heterocycles. The Morgan fingerprint density at radius 1 is 1.46 bits per heavy atom. The zero-order valence-corrected chi connectivity index (χ0v) is 9.69. The third-order valence-corrected chi connectivity index (χ3v) is 2.13. The fourth-order valence-corrected chi connectivity index (χ4v) is 1.64. The molecule has 0 spiro atoms. The Hall–Kier alpha value is -0.570. The highest BCUT2D eigenvalue weighted by Crippen LogP contribution is 2.10. The molecule has 0 radical (unpaired) electrons. The molecule has 0 atom stereocenters. The van der Waals surface area contributed by atoms with Gasteiger partial charge in [0.25, 0.3) is 0 Å². The second kappa shape index (κ2) is 5.22. The number of nitrogens with one attached hydrogen (secondary N) is 1. The minimum absolute atomic E-state index is 0.921. The molecule has 1 N–H and O–H groups in total. The lowest BCUT2D eigenvalue weighted by Crippen LogP contribution is -2.02. The third-order valence-electron chi connectivity index (χ3n) is 1.73. The molecular formula is C10H15BrN2. The van der Waals surface area contributed by atoms with Crippen molar-refractivity contribution in [1.29, 1.82) is 0 Å². The van der Waals surface area contributed by atoms with E-state index in [-0.39, 0.29) is 0 Å². The fraction of sp³-hybridized carbons (Fsp3) is 0.500.